The molecule has 2 rings (SSSR count). The molecule has 0 aromatic heterocycles. The van der Waals surface area contributed by atoms with E-state index in [-0.39, 0.29) is 12.0 Å². The van der Waals surface area contributed by atoms with Crippen LogP contribution in [-0.4, -0.2) is 35.1 Å². The zero-order chi connectivity index (χ0) is 16.5. The number of likely N-dealkylation sites (tertiary alicyclic amines) is 1. The van der Waals surface area contributed by atoms with E-state index >= 15 is 0 Å². The first kappa shape index (κ1) is 18.0. The zero-order valence-corrected chi connectivity index (χ0v) is 14.5. The number of carbonyl (C=O) groups is 1. The predicted molar refractivity (Wildman–Crippen MR) is 94.4 cm³/mol. The third-order valence-electron chi connectivity index (χ3n) is 4.75. The summed E-state index contributed by atoms with van der Waals surface area (Å²) in [6, 6.07) is 9.00. The summed E-state index contributed by atoms with van der Waals surface area (Å²) in [7, 11) is 0. The molecule has 0 unspecified atom stereocenters. The Bertz CT molecular complexity index is 463. The molecule has 0 saturated carbocycles. The topological polar surface area (TPSA) is 40.5 Å². The number of nitrogens with zero attached hydrogens (tertiary/aromatic N) is 1. The Hall–Kier alpha value is -1.35. The van der Waals surface area contributed by atoms with Gasteiger partial charge in [-0.2, -0.15) is 0 Å². The largest absolute Gasteiger partial charge is 0.389 e. The van der Waals surface area contributed by atoms with Crippen molar-refractivity contribution in [2.45, 2.75) is 70.8 Å². The van der Waals surface area contributed by atoms with Crippen LogP contribution >= 0.6 is 0 Å². The number of hydrogen-bond donors (Lipinski definition) is 1. The number of unbranched alkanes of at least 4 members (excludes halogenated alkanes) is 5. The van der Waals surface area contributed by atoms with Crippen molar-refractivity contribution >= 4 is 5.91 Å². The molecular formula is C20H31NO2. The number of aliphatic hydroxyl groups is 1. The predicted octanol–water partition coefficient (Wildman–Crippen LogP) is 3.73. The maximum absolute atomic E-state index is 11.7. The molecular weight excluding hydrogens is 286 g/mol. The summed E-state index contributed by atoms with van der Waals surface area (Å²) in [5, 5.41) is 9.17. The van der Waals surface area contributed by atoms with Gasteiger partial charge in [-0.1, -0.05) is 56.9 Å². The Morgan fingerprint density at radius 1 is 1.00 bits per heavy atom. The van der Waals surface area contributed by atoms with Gasteiger partial charge in [0, 0.05) is 19.5 Å². The molecule has 1 aliphatic rings. The van der Waals surface area contributed by atoms with Gasteiger partial charge >= 0.3 is 0 Å². The summed E-state index contributed by atoms with van der Waals surface area (Å²) in [6.07, 6.45) is 9.83. The highest BCUT2D eigenvalue weighted by Gasteiger charge is 2.27. The van der Waals surface area contributed by atoms with Crippen LogP contribution in [-0.2, 0) is 17.6 Å². The number of aryl methyl sites for hydroxylation is 2. The van der Waals surface area contributed by atoms with E-state index in [0.717, 1.165) is 19.3 Å². The second kappa shape index (κ2) is 9.71. The van der Waals surface area contributed by atoms with Gasteiger partial charge < -0.3 is 10.0 Å². The molecule has 1 fully saturated rings. The van der Waals surface area contributed by atoms with E-state index in [0.29, 0.717) is 19.5 Å². The molecule has 1 heterocycles. The molecule has 1 aromatic rings. The molecule has 1 N–H and O–H groups in total. The molecule has 3 nitrogen and oxygen atoms in total. The maximum atomic E-state index is 11.7. The Kier molecular flexibility index (Phi) is 7.60. The Morgan fingerprint density at radius 3 is 2.17 bits per heavy atom. The minimum atomic E-state index is -0.280. The molecule has 128 valence electrons. The van der Waals surface area contributed by atoms with Gasteiger partial charge in [0.1, 0.15) is 0 Å². The van der Waals surface area contributed by atoms with Crippen LogP contribution < -0.4 is 0 Å². The number of carbonyl (C=O) groups excluding carboxylic acids is 1. The molecule has 0 radical (unpaired) electrons. The van der Waals surface area contributed by atoms with Crippen molar-refractivity contribution < 1.29 is 9.90 Å². The summed E-state index contributed by atoms with van der Waals surface area (Å²) in [6.45, 7) is 3.27. The molecule has 1 aliphatic heterocycles. The van der Waals surface area contributed by atoms with Crippen LogP contribution in [0.3, 0.4) is 0 Å². The van der Waals surface area contributed by atoms with Crippen molar-refractivity contribution in [2.24, 2.45) is 0 Å². The van der Waals surface area contributed by atoms with Gasteiger partial charge in [0.15, 0.2) is 0 Å². The molecule has 0 spiro atoms. The summed E-state index contributed by atoms with van der Waals surface area (Å²) in [5.74, 6) is 0.214. The standard InChI is InChI=1S/C20H31NO2/c1-2-17-11-13-18(14-12-17)9-7-5-3-4-6-8-10-20(23)21-15-19(22)16-21/h11-14,19,22H,2-10,15-16H2,1H3. The third-order valence-corrected chi connectivity index (χ3v) is 4.75. The van der Waals surface area contributed by atoms with E-state index in [2.05, 4.69) is 31.2 Å². The van der Waals surface area contributed by atoms with Gasteiger partial charge in [-0.25, -0.2) is 0 Å². The van der Waals surface area contributed by atoms with Gasteiger partial charge in [0.25, 0.3) is 0 Å². The number of amides is 1. The van der Waals surface area contributed by atoms with Crippen LogP contribution in [0.4, 0.5) is 0 Å². The molecule has 1 saturated heterocycles. The van der Waals surface area contributed by atoms with Gasteiger partial charge in [-0.3, -0.25) is 4.79 Å². The van der Waals surface area contributed by atoms with Gasteiger partial charge in [-0.05, 0) is 36.8 Å². The number of β-amino-alcohol motifs (C(OH)–C–C–N with tert-alkyl or cyclic N) is 1. The van der Waals surface area contributed by atoms with Gasteiger partial charge in [0.05, 0.1) is 6.10 Å². The van der Waals surface area contributed by atoms with Crippen LogP contribution in [0.15, 0.2) is 24.3 Å². The van der Waals surface area contributed by atoms with E-state index in [1.807, 2.05) is 0 Å². The molecule has 1 aromatic carbocycles. The monoisotopic (exact) mass is 317 g/mol. The van der Waals surface area contributed by atoms with E-state index in [1.165, 1.54) is 43.2 Å². The lowest BCUT2D eigenvalue weighted by molar-refractivity contribution is -0.141. The third kappa shape index (κ3) is 6.34. The molecule has 0 bridgehead atoms. The van der Waals surface area contributed by atoms with Crippen molar-refractivity contribution in [3.63, 3.8) is 0 Å². The average Bonchev–Trinajstić information content (AvgIpc) is 2.54. The Balaban J connectivity index is 1.42. The first-order chi connectivity index (χ1) is 11.2. The van der Waals surface area contributed by atoms with Crippen LogP contribution in [0.2, 0.25) is 0 Å². The van der Waals surface area contributed by atoms with Crippen molar-refractivity contribution in [3.8, 4) is 0 Å². The molecule has 3 heteroatoms. The number of benzene rings is 1. The molecule has 0 aliphatic carbocycles. The van der Waals surface area contributed by atoms with E-state index in [1.54, 1.807) is 4.90 Å². The van der Waals surface area contributed by atoms with Crippen molar-refractivity contribution in [1.29, 1.82) is 0 Å². The summed E-state index contributed by atoms with van der Waals surface area (Å²) < 4.78 is 0. The van der Waals surface area contributed by atoms with Gasteiger partial charge in [0.2, 0.25) is 5.91 Å². The van der Waals surface area contributed by atoms with Crippen LogP contribution in [0.25, 0.3) is 0 Å². The van der Waals surface area contributed by atoms with Crippen LogP contribution in [0.5, 0.6) is 0 Å². The smallest absolute Gasteiger partial charge is 0.222 e. The Morgan fingerprint density at radius 2 is 1.57 bits per heavy atom. The number of hydrogen-bond acceptors (Lipinski definition) is 2. The average molecular weight is 317 g/mol. The van der Waals surface area contributed by atoms with E-state index in [4.69, 9.17) is 0 Å². The molecule has 23 heavy (non-hydrogen) atoms. The summed E-state index contributed by atoms with van der Waals surface area (Å²) in [5.41, 5.74) is 2.86. The lowest BCUT2D eigenvalue weighted by Crippen LogP contribution is -2.53. The minimum Gasteiger partial charge on any atom is -0.389 e. The highest BCUT2D eigenvalue weighted by molar-refractivity contribution is 5.77. The SMILES string of the molecule is CCc1ccc(CCCCCCCCC(=O)N2CC(O)C2)cc1. The second-order valence-electron chi connectivity index (χ2n) is 6.74. The first-order valence-electron chi connectivity index (χ1n) is 9.22. The second-order valence-corrected chi connectivity index (χ2v) is 6.74. The normalized spacial score (nSPS) is 14.8. The van der Waals surface area contributed by atoms with Crippen LogP contribution in [0.1, 0.15) is 63.0 Å². The highest BCUT2D eigenvalue weighted by atomic mass is 16.3. The quantitative estimate of drug-likeness (QED) is 0.668. The fourth-order valence-electron chi connectivity index (χ4n) is 3.07. The number of aliphatic hydroxyl groups excluding tert-OH is 1. The fourth-order valence-corrected chi connectivity index (χ4v) is 3.07. The van der Waals surface area contributed by atoms with E-state index in [9.17, 15) is 9.90 Å². The Labute approximate surface area is 140 Å². The van der Waals surface area contributed by atoms with Crippen molar-refractivity contribution in [2.75, 3.05) is 13.1 Å². The van der Waals surface area contributed by atoms with E-state index < -0.39 is 0 Å². The lowest BCUT2D eigenvalue weighted by atomic mass is 10.0. The number of rotatable bonds is 10. The maximum Gasteiger partial charge on any atom is 0.222 e. The summed E-state index contributed by atoms with van der Waals surface area (Å²) >= 11 is 0. The minimum absolute atomic E-state index is 0.214. The highest BCUT2D eigenvalue weighted by Crippen LogP contribution is 2.14. The van der Waals surface area contributed by atoms with Crippen molar-refractivity contribution in [1.82, 2.24) is 4.90 Å². The molecule has 0 atom stereocenters. The van der Waals surface area contributed by atoms with Crippen molar-refractivity contribution in [3.05, 3.63) is 35.4 Å². The molecule has 1 amide bonds. The first-order valence-corrected chi connectivity index (χ1v) is 9.22. The zero-order valence-electron chi connectivity index (χ0n) is 14.5. The lowest BCUT2D eigenvalue weighted by Gasteiger charge is -2.35. The fraction of sp³-hybridized carbons (Fsp3) is 0.650. The summed E-state index contributed by atoms with van der Waals surface area (Å²) in [4.78, 5) is 13.5. The van der Waals surface area contributed by atoms with Crippen LogP contribution in [0, 0.1) is 0 Å². The van der Waals surface area contributed by atoms with Gasteiger partial charge in [-0.15, -0.1) is 0 Å².